The predicted molar refractivity (Wildman–Crippen MR) is 115 cm³/mol. The average Bonchev–Trinajstić information content (AvgIpc) is 3.23. The van der Waals surface area contributed by atoms with Gasteiger partial charge >= 0.3 is 0 Å². The first-order valence-corrected chi connectivity index (χ1v) is 9.65. The van der Waals surface area contributed by atoms with E-state index in [2.05, 4.69) is 15.5 Å². The summed E-state index contributed by atoms with van der Waals surface area (Å²) in [5.41, 5.74) is 3.18. The van der Waals surface area contributed by atoms with Crippen LogP contribution in [0.5, 0.6) is 5.75 Å². The molecular weight excluding hydrogens is 402 g/mol. The number of halogens is 1. The monoisotopic (exact) mass is 419 g/mol. The summed E-state index contributed by atoms with van der Waals surface area (Å²) in [4.78, 5) is 16.7. The second-order valence-corrected chi connectivity index (χ2v) is 7.07. The van der Waals surface area contributed by atoms with Crippen molar-refractivity contribution in [3.63, 3.8) is 0 Å². The Morgan fingerprint density at radius 1 is 1.07 bits per heavy atom. The number of carbonyl (C=O) groups excluding carboxylic acids is 1. The van der Waals surface area contributed by atoms with Crippen LogP contribution in [0.1, 0.15) is 5.56 Å². The minimum Gasteiger partial charge on any atom is -0.483 e. The van der Waals surface area contributed by atoms with Crippen molar-refractivity contribution in [2.75, 3.05) is 11.9 Å². The minimum absolute atomic E-state index is 0.146. The number of aromatic nitrogens is 2. The molecule has 0 aliphatic carbocycles. The summed E-state index contributed by atoms with van der Waals surface area (Å²) in [7, 11) is 0. The Bertz CT molecular complexity index is 1170. The van der Waals surface area contributed by atoms with Crippen molar-refractivity contribution in [2.45, 2.75) is 6.92 Å². The van der Waals surface area contributed by atoms with Gasteiger partial charge in [0, 0.05) is 16.3 Å². The molecule has 30 heavy (non-hydrogen) atoms. The van der Waals surface area contributed by atoms with Gasteiger partial charge in [-0.15, -0.1) is 0 Å². The minimum atomic E-state index is -0.259. The highest BCUT2D eigenvalue weighted by Gasteiger charge is 2.15. The Balaban J connectivity index is 1.48. The number of anilines is 1. The molecule has 7 heteroatoms. The Kier molecular flexibility index (Phi) is 5.77. The van der Waals surface area contributed by atoms with E-state index in [9.17, 15) is 4.79 Å². The number of amides is 1. The number of ether oxygens (including phenoxy) is 1. The van der Waals surface area contributed by atoms with Crippen molar-refractivity contribution in [1.82, 2.24) is 10.1 Å². The number of rotatable bonds is 6. The van der Waals surface area contributed by atoms with Gasteiger partial charge in [0.05, 0.1) is 5.56 Å². The SMILES string of the molecule is Cc1cccc(NC(=O)COc2ccccc2-c2noc(-c3ccc(Cl)cc3)n2)c1. The van der Waals surface area contributed by atoms with Gasteiger partial charge in [0.1, 0.15) is 5.75 Å². The predicted octanol–water partition coefficient (Wildman–Crippen LogP) is 5.38. The standard InChI is InChI=1S/C23H18ClN3O3/c1-15-5-4-6-18(13-15)25-21(28)14-29-20-8-3-2-7-19(20)22-26-23(30-27-22)16-9-11-17(24)12-10-16/h2-13H,14H2,1H3,(H,25,28). The maximum atomic E-state index is 12.3. The van der Waals surface area contributed by atoms with Crippen LogP contribution in [-0.4, -0.2) is 22.7 Å². The summed E-state index contributed by atoms with van der Waals surface area (Å²) in [6, 6.07) is 21.9. The first-order valence-electron chi connectivity index (χ1n) is 9.27. The molecule has 4 rings (SSSR count). The number of para-hydroxylation sites is 1. The molecule has 1 aromatic heterocycles. The van der Waals surface area contributed by atoms with Crippen LogP contribution in [0.3, 0.4) is 0 Å². The molecule has 0 spiro atoms. The molecule has 0 fully saturated rings. The summed E-state index contributed by atoms with van der Waals surface area (Å²) >= 11 is 5.92. The van der Waals surface area contributed by atoms with Crippen molar-refractivity contribution < 1.29 is 14.1 Å². The fraction of sp³-hybridized carbons (Fsp3) is 0.0870. The number of nitrogens with zero attached hydrogens (tertiary/aromatic N) is 2. The molecule has 6 nitrogen and oxygen atoms in total. The first kappa shape index (κ1) is 19.7. The normalized spacial score (nSPS) is 10.6. The topological polar surface area (TPSA) is 77.2 Å². The van der Waals surface area contributed by atoms with Crippen LogP contribution < -0.4 is 10.1 Å². The van der Waals surface area contributed by atoms with E-state index in [1.54, 1.807) is 30.3 Å². The Morgan fingerprint density at radius 3 is 2.67 bits per heavy atom. The second-order valence-electron chi connectivity index (χ2n) is 6.63. The number of nitrogens with one attached hydrogen (secondary N) is 1. The van der Waals surface area contributed by atoms with Crippen LogP contribution in [0.2, 0.25) is 5.02 Å². The maximum Gasteiger partial charge on any atom is 0.262 e. The third-order valence-corrected chi connectivity index (χ3v) is 4.56. The van der Waals surface area contributed by atoms with E-state index in [0.717, 1.165) is 16.8 Å². The zero-order chi connectivity index (χ0) is 20.9. The molecule has 3 aromatic carbocycles. The van der Waals surface area contributed by atoms with Gasteiger partial charge < -0.3 is 14.6 Å². The van der Waals surface area contributed by atoms with Gasteiger partial charge in [-0.1, -0.05) is 41.0 Å². The van der Waals surface area contributed by atoms with Gasteiger partial charge in [-0.2, -0.15) is 4.98 Å². The van der Waals surface area contributed by atoms with E-state index in [0.29, 0.717) is 28.1 Å². The molecule has 0 aliphatic rings. The third-order valence-electron chi connectivity index (χ3n) is 4.31. The molecule has 0 bridgehead atoms. The lowest BCUT2D eigenvalue weighted by atomic mass is 10.2. The van der Waals surface area contributed by atoms with Crippen molar-refractivity contribution in [3.8, 4) is 28.6 Å². The van der Waals surface area contributed by atoms with E-state index in [1.165, 1.54) is 0 Å². The Morgan fingerprint density at radius 2 is 1.87 bits per heavy atom. The van der Waals surface area contributed by atoms with Gasteiger partial charge in [0.25, 0.3) is 11.8 Å². The lowest BCUT2D eigenvalue weighted by Crippen LogP contribution is -2.20. The highest BCUT2D eigenvalue weighted by atomic mass is 35.5. The van der Waals surface area contributed by atoms with E-state index in [-0.39, 0.29) is 12.5 Å². The smallest absolute Gasteiger partial charge is 0.262 e. The first-order chi connectivity index (χ1) is 14.6. The van der Waals surface area contributed by atoms with Gasteiger partial charge in [-0.05, 0) is 61.0 Å². The Labute approximate surface area is 178 Å². The third kappa shape index (κ3) is 4.67. The van der Waals surface area contributed by atoms with Crippen molar-refractivity contribution in [2.24, 2.45) is 0 Å². The van der Waals surface area contributed by atoms with Crippen LogP contribution in [-0.2, 0) is 4.79 Å². The molecule has 0 unspecified atom stereocenters. The van der Waals surface area contributed by atoms with E-state index < -0.39 is 0 Å². The van der Waals surface area contributed by atoms with Crippen LogP contribution in [0.15, 0.2) is 77.3 Å². The number of hydrogen-bond donors (Lipinski definition) is 1. The van der Waals surface area contributed by atoms with Crippen molar-refractivity contribution in [1.29, 1.82) is 0 Å². The van der Waals surface area contributed by atoms with Gasteiger partial charge in [-0.3, -0.25) is 4.79 Å². The zero-order valence-corrected chi connectivity index (χ0v) is 16.9. The molecule has 1 N–H and O–H groups in total. The van der Waals surface area contributed by atoms with Gasteiger partial charge in [0.2, 0.25) is 5.82 Å². The fourth-order valence-corrected chi connectivity index (χ4v) is 3.01. The van der Waals surface area contributed by atoms with Gasteiger partial charge in [0.15, 0.2) is 6.61 Å². The maximum absolute atomic E-state index is 12.3. The van der Waals surface area contributed by atoms with Crippen LogP contribution in [0.4, 0.5) is 5.69 Å². The summed E-state index contributed by atoms with van der Waals surface area (Å²) in [6.07, 6.45) is 0. The summed E-state index contributed by atoms with van der Waals surface area (Å²) in [5, 5.41) is 7.49. The molecule has 0 saturated carbocycles. The second kappa shape index (κ2) is 8.80. The van der Waals surface area contributed by atoms with Crippen LogP contribution in [0, 0.1) is 6.92 Å². The average molecular weight is 420 g/mol. The molecule has 150 valence electrons. The number of benzene rings is 3. The molecule has 4 aromatic rings. The molecular formula is C23H18ClN3O3. The summed E-state index contributed by atoms with van der Waals surface area (Å²) < 4.78 is 11.1. The summed E-state index contributed by atoms with van der Waals surface area (Å²) in [6.45, 7) is 1.82. The molecule has 1 amide bonds. The number of aryl methyl sites for hydroxylation is 1. The summed E-state index contributed by atoms with van der Waals surface area (Å²) in [5.74, 6) is 0.967. The highest BCUT2D eigenvalue weighted by Crippen LogP contribution is 2.30. The van der Waals surface area contributed by atoms with E-state index >= 15 is 0 Å². The Hall–Kier alpha value is -3.64. The van der Waals surface area contributed by atoms with Gasteiger partial charge in [-0.25, -0.2) is 0 Å². The van der Waals surface area contributed by atoms with Crippen LogP contribution in [0.25, 0.3) is 22.8 Å². The zero-order valence-electron chi connectivity index (χ0n) is 16.1. The highest BCUT2D eigenvalue weighted by molar-refractivity contribution is 6.30. The lowest BCUT2D eigenvalue weighted by Gasteiger charge is -2.10. The number of hydrogen-bond acceptors (Lipinski definition) is 5. The molecule has 0 aliphatic heterocycles. The van der Waals surface area contributed by atoms with Crippen molar-refractivity contribution in [3.05, 3.63) is 83.4 Å². The molecule has 1 heterocycles. The molecule has 0 atom stereocenters. The van der Waals surface area contributed by atoms with E-state index in [4.69, 9.17) is 20.9 Å². The number of carbonyl (C=O) groups is 1. The largest absolute Gasteiger partial charge is 0.483 e. The fourth-order valence-electron chi connectivity index (χ4n) is 2.88. The quantitative estimate of drug-likeness (QED) is 0.453. The van der Waals surface area contributed by atoms with Crippen LogP contribution >= 0.6 is 11.6 Å². The van der Waals surface area contributed by atoms with E-state index in [1.807, 2.05) is 49.4 Å². The lowest BCUT2D eigenvalue weighted by molar-refractivity contribution is -0.118. The molecule has 0 saturated heterocycles. The molecule has 0 radical (unpaired) electrons. The van der Waals surface area contributed by atoms with Crippen molar-refractivity contribution >= 4 is 23.2 Å².